The molecule has 0 aliphatic carbocycles. The lowest BCUT2D eigenvalue weighted by molar-refractivity contribution is 0.331. The van der Waals surface area contributed by atoms with Crippen LogP contribution in [0.1, 0.15) is 40.5 Å². The normalized spacial score (nSPS) is 16.7. The van der Waals surface area contributed by atoms with Crippen molar-refractivity contribution in [3.05, 3.63) is 0 Å². The standard InChI is InChI=1S/C11H25NO2S/c1-5-15(13,14)8-6-7-11(12)10(4)9(2)3/h9-11H,5-8,12H2,1-4H3. The van der Waals surface area contributed by atoms with E-state index in [1.807, 2.05) is 0 Å². The molecule has 0 aromatic rings. The Morgan fingerprint density at radius 1 is 1.20 bits per heavy atom. The molecule has 2 unspecified atom stereocenters. The first kappa shape index (κ1) is 14.9. The highest BCUT2D eigenvalue weighted by Crippen LogP contribution is 2.16. The number of rotatable bonds is 7. The number of sulfone groups is 1. The summed E-state index contributed by atoms with van der Waals surface area (Å²) in [6.07, 6.45) is 1.49. The van der Waals surface area contributed by atoms with Crippen LogP contribution in [0.15, 0.2) is 0 Å². The van der Waals surface area contributed by atoms with Crippen LogP contribution in [0.2, 0.25) is 0 Å². The molecule has 15 heavy (non-hydrogen) atoms. The third kappa shape index (κ3) is 6.15. The van der Waals surface area contributed by atoms with Gasteiger partial charge in [0.1, 0.15) is 9.84 Å². The lowest BCUT2D eigenvalue weighted by Crippen LogP contribution is -2.31. The number of hydrogen-bond acceptors (Lipinski definition) is 3. The molecule has 92 valence electrons. The van der Waals surface area contributed by atoms with E-state index in [-0.39, 0.29) is 17.5 Å². The van der Waals surface area contributed by atoms with Crippen molar-refractivity contribution < 1.29 is 8.42 Å². The molecule has 0 rings (SSSR count). The Labute approximate surface area is 94.4 Å². The molecule has 0 spiro atoms. The quantitative estimate of drug-likeness (QED) is 0.732. The number of nitrogens with two attached hydrogens (primary N) is 1. The molecule has 0 bridgehead atoms. The maximum atomic E-state index is 11.2. The van der Waals surface area contributed by atoms with Gasteiger partial charge in [0.05, 0.1) is 5.75 Å². The van der Waals surface area contributed by atoms with Crippen molar-refractivity contribution in [1.29, 1.82) is 0 Å². The SMILES string of the molecule is CCS(=O)(=O)CCCC(N)C(C)C(C)C. The monoisotopic (exact) mass is 235 g/mol. The summed E-state index contributed by atoms with van der Waals surface area (Å²) in [5.41, 5.74) is 5.99. The molecule has 0 saturated heterocycles. The average Bonchev–Trinajstić information content (AvgIpc) is 2.16. The van der Waals surface area contributed by atoms with E-state index in [0.29, 0.717) is 18.3 Å². The largest absolute Gasteiger partial charge is 0.327 e. The fourth-order valence-corrected chi connectivity index (χ4v) is 2.34. The first-order valence-corrected chi connectivity index (χ1v) is 7.58. The lowest BCUT2D eigenvalue weighted by atomic mass is 9.88. The second-order valence-electron chi connectivity index (χ2n) is 4.65. The third-order valence-corrected chi connectivity index (χ3v) is 4.95. The smallest absolute Gasteiger partial charge is 0.150 e. The molecular formula is C11H25NO2S. The van der Waals surface area contributed by atoms with Crippen molar-refractivity contribution in [2.75, 3.05) is 11.5 Å². The first-order valence-electron chi connectivity index (χ1n) is 5.76. The summed E-state index contributed by atoms with van der Waals surface area (Å²) in [7, 11) is -2.82. The van der Waals surface area contributed by atoms with Crippen LogP contribution in [0.5, 0.6) is 0 Å². The van der Waals surface area contributed by atoms with Crippen molar-refractivity contribution in [2.24, 2.45) is 17.6 Å². The topological polar surface area (TPSA) is 60.2 Å². The van der Waals surface area contributed by atoms with Crippen molar-refractivity contribution >= 4 is 9.84 Å². The van der Waals surface area contributed by atoms with Crippen LogP contribution in [0, 0.1) is 11.8 Å². The molecular weight excluding hydrogens is 210 g/mol. The molecule has 2 N–H and O–H groups in total. The predicted molar refractivity (Wildman–Crippen MR) is 65.5 cm³/mol. The van der Waals surface area contributed by atoms with Gasteiger partial charge in [-0.05, 0) is 24.7 Å². The molecule has 4 heteroatoms. The summed E-state index contributed by atoms with van der Waals surface area (Å²) in [5.74, 6) is 1.53. The van der Waals surface area contributed by atoms with Gasteiger partial charge in [0, 0.05) is 11.8 Å². The fraction of sp³-hybridized carbons (Fsp3) is 1.00. The van der Waals surface area contributed by atoms with E-state index >= 15 is 0 Å². The highest BCUT2D eigenvalue weighted by molar-refractivity contribution is 7.91. The molecule has 0 radical (unpaired) electrons. The van der Waals surface area contributed by atoms with E-state index in [9.17, 15) is 8.42 Å². The fourth-order valence-electron chi connectivity index (χ4n) is 1.44. The molecule has 0 aliphatic heterocycles. The van der Waals surface area contributed by atoms with Crippen LogP contribution >= 0.6 is 0 Å². The minimum atomic E-state index is -2.82. The van der Waals surface area contributed by atoms with E-state index in [1.165, 1.54) is 0 Å². The Morgan fingerprint density at radius 3 is 2.13 bits per heavy atom. The summed E-state index contributed by atoms with van der Waals surface area (Å²) in [5, 5.41) is 0. The van der Waals surface area contributed by atoms with Crippen molar-refractivity contribution in [3.63, 3.8) is 0 Å². The molecule has 0 aromatic carbocycles. The molecule has 0 saturated carbocycles. The van der Waals surface area contributed by atoms with E-state index < -0.39 is 9.84 Å². The maximum absolute atomic E-state index is 11.2. The zero-order valence-corrected chi connectivity index (χ0v) is 11.2. The van der Waals surface area contributed by atoms with Crippen LogP contribution in [0.3, 0.4) is 0 Å². The Bertz CT molecular complexity index is 260. The van der Waals surface area contributed by atoms with E-state index in [1.54, 1.807) is 6.92 Å². The van der Waals surface area contributed by atoms with Crippen LogP contribution in [-0.2, 0) is 9.84 Å². The summed E-state index contributed by atoms with van der Waals surface area (Å²) >= 11 is 0. The van der Waals surface area contributed by atoms with Crippen molar-refractivity contribution in [1.82, 2.24) is 0 Å². The molecule has 0 aromatic heterocycles. The Morgan fingerprint density at radius 2 is 1.73 bits per heavy atom. The van der Waals surface area contributed by atoms with Crippen molar-refractivity contribution in [3.8, 4) is 0 Å². The second-order valence-corrected chi connectivity index (χ2v) is 7.12. The van der Waals surface area contributed by atoms with E-state index in [0.717, 1.165) is 6.42 Å². The highest BCUT2D eigenvalue weighted by atomic mass is 32.2. The van der Waals surface area contributed by atoms with Gasteiger partial charge in [-0.1, -0.05) is 27.7 Å². The van der Waals surface area contributed by atoms with Gasteiger partial charge in [-0.3, -0.25) is 0 Å². The van der Waals surface area contributed by atoms with Crippen LogP contribution in [0.25, 0.3) is 0 Å². The van der Waals surface area contributed by atoms with Gasteiger partial charge in [0.15, 0.2) is 0 Å². The van der Waals surface area contributed by atoms with Gasteiger partial charge in [0.25, 0.3) is 0 Å². The van der Waals surface area contributed by atoms with Crippen molar-refractivity contribution in [2.45, 2.75) is 46.6 Å². The summed E-state index contributed by atoms with van der Waals surface area (Å²) < 4.78 is 22.5. The highest BCUT2D eigenvalue weighted by Gasteiger charge is 2.17. The first-order chi connectivity index (χ1) is 6.80. The van der Waals surface area contributed by atoms with Gasteiger partial charge in [0.2, 0.25) is 0 Å². The molecule has 0 aliphatic rings. The van der Waals surface area contributed by atoms with Gasteiger partial charge in [-0.25, -0.2) is 8.42 Å². The van der Waals surface area contributed by atoms with Gasteiger partial charge in [-0.15, -0.1) is 0 Å². The predicted octanol–water partition coefficient (Wildman–Crippen LogP) is 1.82. The Kier molecular flexibility index (Phi) is 6.44. The van der Waals surface area contributed by atoms with E-state index in [4.69, 9.17) is 5.73 Å². The molecule has 0 amide bonds. The summed E-state index contributed by atoms with van der Waals surface area (Å²) in [6.45, 7) is 8.11. The zero-order chi connectivity index (χ0) is 12.1. The Hall–Kier alpha value is -0.0900. The second kappa shape index (κ2) is 6.48. The Balaban J connectivity index is 3.87. The van der Waals surface area contributed by atoms with Gasteiger partial charge >= 0.3 is 0 Å². The average molecular weight is 235 g/mol. The van der Waals surface area contributed by atoms with Gasteiger partial charge in [-0.2, -0.15) is 0 Å². The third-order valence-electron chi connectivity index (χ3n) is 3.16. The van der Waals surface area contributed by atoms with Crippen LogP contribution in [-0.4, -0.2) is 26.0 Å². The molecule has 0 heterocycles. The summed E-state index contributed by atoms with van der Waals surface area (Å²) in [6, 6.07) is 0.122. The van der Waals surface area contributed by atoms with Crippen LogP contribution < -0.4 is 5.73 Å². The minimum absolute atomic E-state index is 0.122. The maximum Gasteiger partial charge on any atom is 0.150 e. The minimum Gasteiger partial charge on any atom is -0.327 e. The van der Waals surface area contributed by atoms with E-state index in [2.05, 4.69) is 20.8 Å². The molecule has 3 nitrogen and oxygen atoms in total. The molecule has 0 fully saturated rings. The lowest BCUT2D eigenvalue weighted by Gasteiger charge is -2.23. The number of hydrogen-bond donors (Lipinski definition) is 1. The van der Waals surface area contributed by atoms with Crippen LogP contribution in [0.4, 0.5) is 0 Å². The molecule has 2 atom stereocenters. The summed E-state index contributed by atoms with van der Waals surface area (Å²) in [4.78, 5) is 0. The zero-order valence-electron chi connectivity index (χ0n) is 10.4. The van der Waals surface area contributed by atoms with Gasteiger partial charge < -0.3 is 5.73 Å².